The van der Waals surface area contributed by atoms with E-state index in [2.05, 4.69) is 17.9 Å². The molecule has 0 aliphatic heterocycles. The summed E-state index contributed by atoms with van der Waals surface area (Å²) in [6.07, 6.45) is 0.157. The van der Waals surface area contributed by atoms with Crippen LogP contribution in [0.15, 0.2) is 0 Å². The molecule has 0 unspecified atom stereocenters. The maximum atomic E-state index is 11.0. The van der Waals surface area contributed by atoms with Gasteiger partial charge in [-0.2, -0.15) is 21.0 Å². The number of carbonyl (C=O) groups excluding carboxylic acids is 1. The highest BCUT2D eigenvalue weighted by Gasteiger charge is 2.10. The molecule has 0 bridgehead atoms. The van der Waals surface area contributed by atoms with Crippen molar-refractivity contribution in [1.29, 1.82) is 0 Å². The molecule has 0 aromatic carbocycles. The van der Waals surface area contributed by atoms with Crippen LogP contribution in [-0.4, -0.2) is 43.0 Å². The number of nitrogens with one attached hydrogen (secondary N) is 1. The Balaban J connectivity index is 0. The second-order valence-electron chi connectivity index (χ2n) is 2.72. The minimum absolute atomic E-state index is 0. The number of hydrogen-bond donors (Lipinski definition) is 4. The van der Waals surface area contributed by atoms with Crippen molar-refractivity contribution >= 4 is 28.7 Å². The van der Waals surface area contributed by atoms with Gasteiger partial charge in [-0.1, -0.05) is 0 Å². The third-order valence-corrected chi connectivity index (χ3v) is 2.61. The monoisotopic (exact) mass is 246 g/mol. The van der Waals surface area contributed by atoms with Crippen molar-refractivity contribution in [2.75, 3.05) is 18.1 Å². The number of amides is 1. The van der Waals surface area contributed by atoms with E-state index in [1.54, 1.807) is 0 Å². The van der Waals surface area contributed by atoms with E-state index in [1.165, 1.54) is 0 Å². The number of hydrogen-bond acceptors (Lipinski definition) is 5. The van der Waals surface area contributed by atoms with Crippen molar-refractivity contribution in [3.63, 3.8) is 0 Å². The van der Waals surface area contributed by atoms with Crippen LogP contribution in [0.5, 0.6) is 0 Å². The van der Waals surface area contributed by atoms with Crippen LogP contribution in [0, 0.1) is 0 Å². The highest BCUT2D eigenvalue weighted by molar-refractivity contribution is 7.85. The Morgan fingerprint density at radius 3 is 2.64 bits per heavy atom. The van der Waals surface area contributed by atoms with E-state index in [1.807, 2.05) is 0 Å². The molecule has 4 N–H and O–H groups in total. The Morgan fingerprint density at radius 1 is 1.64 bits per heavy atom. The molecule has 0 radical (unpaired) electrons. The van der Waals surface area contributed by atoms with Crippen LogP contribution < -0.4 is 11.1 Å². The molecule has 0 spiro atoms. The normalized spacial score (nSPS) is 13.6. The van der Waals surface area contributed by atoms with Crippen molar-refractivity contribution in [1.82, 2.24) is 5.32 Å². The van der Waals surface area contributed by atoms with Gasteiger partial charge in [0.2, 0.25) is 5.91 Å². The number of nitrogens with two attached hydrogens (primary N) is 1. The first-order valence-electron chi connectivity index (χ1n) is 3.96. The van der Waals surface area contributed by atoms with E-state index in [9.17, 15) is 13.2 Å². The Bertz CT molecular complexity index is 283. The second kappa shape index (κ2) is 6.23. The van der Waals surface area contributed by atoms with Crippen LogP contribution in [0.4, 0.5) is 0 Å². The predicted octanol–water partition coefficient (Wildman–Crippen LogP) is -1.12. The maximum Gasteiger partial charge on any atom is 0.264 e. The minimum atomic E-state index is -3.95. The number of carbonyl (C=O) groups is 1. The Hall–Kier alpha value is -0.310. The van der Waals surface area contributed by atoms with Crippen molar-refractivity contribution in [2.24, 2.45) is 5.73 Å². The van der Waals surface area contributed by atoms with E-state index in [0.29, 0.717) is 0 Å². The van der Waals surface area contributed by atoms with E-state index >= 15 is 0 Å². The summed E-state index contributed by atoms with van der Waals surface area (Å²) in [5.41, 5.74) is 5.33. The molecule has 1 amide bonds. The third kappa shape index (κ3) is 7.13. The number of thiol groups is 1. The summed E-state index contributed by atoms with van der Waals surface area (Å²) >= 11 is 3.82. The van der Waals surface area contributed by atoms with Gasteiger partial charge in [0.15, 0.2) is 0 Å². The SMILES string of the molecule is N[C@@H](CS)[13C](=O)[15NH]CCCS(=O)(=O)O.[HH]. The molecule has 0 rings (SSSR count). The van der Waals surface area contributed by atoms with Crippen LogP contribution in [0.1, 0.15) is 7.85 Å². The predicted molar refractivity (Wildman–Crippen MR) is 58.0 cm³/mol. The van der Waals surface area contributed by atoms with Gasteiger partial charge in [0, 0.05) is 13.7 Å². The van der Waals surface area contributed by atoms with Crippen LogP contribution >= 0.6 is 12.6 Å². The fourth-order valence-electron chi connectivity index (χ4n) is 0.680. The van der Waals surface area contributed by atoms with Crippen LogP contribution in [0.25, 0.3) is 0 Å². The minimum Gasteiger partial charge on any atom is -0.355 e. The van der Waals surface area contributed by atoms with Gasteiger partial charge in [-0.15, -0.1) is 0 Å². The fraction of sp³-hybridized carbons (Fsp3) is 0.833. The molecule has 1 atom stereocenters. The molecule has 86 valence electrons. The summed E-state index contributed by atoms with van der Waals surface area (Å²) in [6, 6.07) is -0.691. The molecule has 0 saturated carbocycles. The zero-order chi connectivity index (χ0) is 11.2. The molecule has 14 heavy (non-hydrogen) atoms. The van der Waals surface area contributed by atoms with Gasteiger partial charge in [-0.3, -0.25) is 9.35 Å². The molecule has 0 aliphatic carbocycles. The summed E-state index contributed by atoms with van der Waals surface area (Å²) in [7, 11) is -3.95. The average molecular weight is 246 g/mol. The molecule has 0 aromatic rings. The summed E-state index contributed by atoms with van der Waals surface area (Å²) in [6.45, 7) is 0.167. The Morgan fingerprint density at radius 2 is 2.21 bits per heavy atom. The summed E-state index contributed by atoms with van der Waals surface area (Å²) in [5, 5.41) is 2.42. The van der Waals surface area contributed by atoms with E-state index < -0.39 is 16.2 Å². The van der Waals surface area contributed by atoms with E-state index in [-0.39, 0.29) is 31.8 Å². The first-order valence-corrected chi connectivity index (χ1v) is 6.20. The van der Waals surface area contributed by atoms with Gasteiger partial charge in [0.05, 0.1) is 11.8 Å². The van der Waals surface area contributed by atoms with E-state index in [0.717, 1.165) is 0 Å². The second-order valence-corrected chi connectivity index (χ2v) is 4.66. The standard InChI is InChI=1S/C6H14N2O4S2.H2/c7-5(4-13)6(9)8-2-1-3-14(10,11)12;/h5,13H,1-4,7H2,(H,8,9)(H,10,11,12);1H/t5-;/m0./s1/i6+1,8+1;. The first kappa shape index (κ1) is 13.7. The number of rotatable bonds is 6. The molecular formula is C6H16N2O4S2. The lowest BCUT2D eigenvalue weighted by Crippen LogP contribution is -2.42. The quantitative estimate of drug-likeness (QED) is 0.156. The van der Waals surface area contributed by atoms with Crippen molar-refractivity contribution < 1.29 is 19.2 Å². The zero-order valence-electron chi connectivity index (χ0n) is 7.51. The molecule has 0 aromatic heterocycles. The fourth-order valence-corrected chi connectivity index (χ4v) is 1.36. The van der Waals surface area contributed by atoms with Gasteiger partial charge in [0.1, 0.15) is 0 Å². The smallest absolute Gasteiger partial charge is 0.264 e. The molecule has 0 heterocycles. The van der Waals surface area contributed by atoms with Crippen molar-refractivity contribution in [2.45, 2.75) is 12.5 Å². The highest BCUT2D eigenvalue weighted by Crippen LogP contribution is 1.88. The van der Waals surface area contributed by atoms with Gasteiger partial charge in [0.25, 0.3) is 10.1 Å². The average Bonchev–Trinajstić information content (AvgIpc) is 2.09. The van der Waals surface area contributed by atoms with Crippen LogP contribution in [0.3, 0.4) is 0 Å². The van der Waals surface area contributed by atoms with Gasteiger partial charge < -0.3 is 11.1 Å². The lowest BCUT2D eigenvalue weighted by Gasteiger charge is -2.08. The highest BCUT2D eigenvalue weighted by atomic mass is 32.2. The lowest BCUT2D eigenvalue weighted by molar-refractivity contribution is -0.121. The summed E-state index contributed by atoms with van der Waals surface area (Å²) < 4.78 is 28.9. The van der Waals surface area contributed by atoms with E-state index in [4.69, 9.17) is 10.3 Å². The maximum absolute atomic E-state index is 11.0. The molecule has 0 fully saturated rings. The lowest BCUT2D eigenvalue weighted by atomic mass is 10.5. The van der Waals surface area contributed by atoms with Crippen LogP contribution in [-0.2, 0) is 14.9 Å². The van der Waals surface area contributed by atoms with Crippen molar-refractivity contribution in [3.8, 4) is 0 Å². The van der Waals surface area contributed by atoms with Crippen molar-refractivity contribution in [3.05, 3.63) is 0 Å². The molecule has 8 heteroatoms. The Labute approximate surface area is 89.9 Å². The van der Waals surface area contributed by atoms with Gasteiger partial charge >= 0.3 is 0 Å². The first-order chi connectivity index (χ1) is 6.37. The molecule has 0 saturated heterocycles. The zero-order valence-corrected chi connectivity index (χ0v) is 9.22. The summed E-state index contributed by atoms with van der Waals surface area (Å²) in [4.78, 5) is 11.0. The molecule has 0 aliphatic rings. The Kier molecular flexibility index (Phi) is 6.09. The third-order valence-electron chi connectivity index (χ3n) is 1.41. The molecule has 6 nitrogen and oxygen atoms in total. The topological polar surface area (TPSA) is 109 Å². The largest absolute Gasteiger partial charge is 0.355 e. The van der Waals surface area contributed by atoms with Gasteiger partial charge in [-0.25, -0.2) is 0 Å². The molecular weight excluding hydrogens is 230 g/mol. The summed E-state index contributed by atoms with van der Waals surface area (Å²) in [5.74, 6) is -0.525. The van der Waals surface area contributed by atoms with Crippen LogP contribution in [0.2, 0.25) is 0 Å². The van der Waals surface area contributed by atoms with Gasteiger partial charge in [-0.05, 0) is 6.42 Å².